The summed E-state index contributed by atoms with van der Waals surface area (Å²) in [5.41, 5.74) is 2.83. The van der Waals surface area contributed by atoms with Gasteiger partial charge in [0.1, 0.15) is 0 Å². The topological polar surface area (TPSA) is 73.2 Å². The van der Waals surface area contributed by atoms with Gasteiger partial charge in [0.25, 0.3) is 0 Å². The molecular formula is C21H25N3O2S. The van der Waals surface area contributed by atoms with Crippen molar-refractivity contribution in [3.63, 3.8) is 0 Å². The van der Waals surface area contributed by atoms with Gasteiger partial charge < -0.3 is 0 Å². The van der Waals surface area contributed by atoms with Gasteiger partial charge in [-0.2, -0.15) is 5.26 Å². The molecule has 5 nitrogen and oxygen atoms in total. The first-order valence-electron chi connectivity index (χ1n) is 9.24. The van der Waals surface area contributed by atoms with Gasteiger partial charge in [0.15, 0.2) is 0 Å². The Hall–Kier alpha value is -2.20. The van der Waals surface area contributed by atoms with Gasteiger partial charge >= 0.3 is 0 Å². The van der Waals surface area contributed by atoms with Crippen molar-refractivity contribution in [2.45, 2.75) is 31.2 Å². The van der Waals surface area contributed by atoms with Gasteiger partial charge in [0, 0.05) is 19.6 Å². The highest BCUT2D eigenvalue weighted by Crippen LogP contribution is 2.19. The van der Waals surface area contributed by atoms with E-state index in [1.165, 1.54) is 0 Å². The Labute approximate surface area is 161 Å². The lowest BCUT2D eigenvalue weighted by Gasteiger charge is -2.32. The zero-order valence-corrected chi connectivity index (χ0v) is 16.4. The molecule has 2 aromatic carbocycles. The average Bonchev–Trinajstić information content (AvgIpc) is 2.67. The zero-order chi connectivity index (χ0) is 19.3. The van der Waals surface area contributed by atoms with E-state index in [0.29, 0.717) is 17.0 Å². The quantitative estimate of drug-likeness (QED) is 0.832. The van der Waals surface area contributed by atoms with Gasteiger partial charge in [-0.1, -0.05) is 29.8 Å². The SMILES string of the molecule is Cc1ccc(S(=O)(=O)NCC2CCCN(Cc3cccc(C#N)c3)C2)cc1. The molecule has 0 aliphatic carbocycles. The minimum absolute atomic E-state index is 0.290. The molecule has 1 aliphatic heterocycles. The summed E-state index contributed by atoms with van der Waals surface area (Å²) in [6.45, 7) is 5.03. The normalized spacial score (nSPS) is 18.1. The molecule has 0 bridgehead atoms. The van der Waals surface area contributed by atoms with E-state index in [4.69, 9.17) is 5.26 Å². The number of nitrogens with zero attached hydrogens (tertiary/aromatic N) is 2. The zero-order valence-electron chi connectivity index (χ0n) is 15.6. The molecule has 1 heterocycles. The van der Waals surface area contributed by atoms with E-state index in [9.17, 15) is 8.42 Å². The Morgan fingerprint density at radius 2 is 2.00 bits per heavy atom. The van der Waals surface area contributed by atoms with E-state index in [-0.39, 0.29) is 5.92 Å². The summed E-state index contributed by atoms with van der Waals surface area (Å²) in [6, 6.07) is 16.8. The predicted molar refractivity (Wildman–Crippen MR) is 106 cm³/mol. The molecule has 6 heteroatoms. The van der Waals surface area contributed by atoms with Crippen LogP contribution in [0.1, 0.15) is 29.5 Å². The summed E-state index contributed by atoms with van der Waals surface area (Å²) >= 11 is 0. The number of piperidine rings is 1. The minimum atomic E-state index is -3.47. The van der Waals surface area contributed by atoms with E-state index < -0.39 is 10.0 Å². The van der Waals surface area contributed by atoms with Gasteiger partial charge in [-0.3, -0.25) is 4.90 Å². The van der Waals surface area contributed by atoms with Crippen LogP contribution in [0.4, 0.5) is 0 Å². The molecule has 0 spiro atoms. The van der Waals surface area contributed by atoms with Crippen molar-refractivity contribution in [2.75, 3.05) is 19.6 Å². The predicted octanol–water partition coefficient (Wildman–Crippen LogP) is 3.06. The Kier molecular flexibility index (Phi) is 6.27. The lowest BCUT2D eigenvalue weighted by atomic mass is 9.98. The van der Waals surface area contributed by atoms with Crippen molar-refractivity contribution in [1.29, 1.82) is 5.26 Å². The van der Waals surface area contributed by atoms with E-state index in [2.05, 4.69) is 15.7 Å². The number of hydrogen-bond acceptors (Lipinski definition) is 4. The van der Waals surface area contributed by atoms with Crippen LogP contribution in [-0.2, 0) is 16.6 Å². The van der Waals surface area contributed by atoms with Crippen LogP contribution < -0.4 is 4.72 Å². The summed E-state index contributed by atoms with van der Waals surface area (Å²) in [5, 5.41) is 9.04. The number of likely N-dealkylation sites (tertiary alicyclic amines) is 1. The van der Waals surface area contributed by atoms with Gasteiger partial charge in [-0.05, 0) is 62.1 Å². The summed E-state index contributed by atoms with van der Waals surface area (Å²) in [4.78, 5) is 2.65. The molecule has 1 saturated heterocycles. The highest BCUT2D eigenvalue weighted by atomic mass is 32.2. The van der Waals surface area contributed by atoms with Crippen molar-refractivity contribution in [3.05, 3.63) is 65.2 Å². The number of nitrogens with one attached hydrogen (secondary N) is 1. The lowest BCUT2D eigenvalue weighted by molar-refractivity contribution is 0.169. The molecular weight excluding hydrogens is 358 g/mol. The smallest absolute Gasteiger partial charge is 0.240 e. The molecule has 1 unspecified atom stereocenters. The number of aryl methyl sites for hydroxylation is 1. The first-order valence-corrected chi connectivity index (χ1v) is 10.7. The summed E-state index contributed by atoms with van der Waals surface area (Å²) in [6.07, 6.45) is 2.07. The largest absolute Gasteiger partial charge is 0.299 e. The standard InChI is InChI=1S/C21H25N3O2S/c1-17-7-9-21(10-8-17)27(25,26)23-14-20-6-3-11-24(16-20)15-19-5-2-4-18(12-19)13-22/h2,4-5,7-10,12,20,23H,3,6,11,14-16H2,1H3. The molecule has 0 saturated carbocycles. The van der Waals surface area contributed by atoms with Crippen LogP contribution in [0.25, 0.3) is 0 Å². The fraction of sp³-hybridized carbons (Fsp3) is 0.381. The Balaban J connectivity index is 1.56. The van der Waals surface area contributed by atoms with Gasteiger partial charge in [0.2, 0.25) is 10.0 Å². The molecule has 1 fully saturated rings. The van der Waals surface area contributed by atoms with E-state index >= 15 is 0 Å². The molecule has 142 valence electrons. The highest BCUT2D eigenvalue weighted by Gasteiger charge is 2.22. The Morgan fingerprint density at radius 3 is 2.74 bits per heavy atom. The molecule has 1 atom stereocenters. The molecule has 0 aromatic heterocycles. The molecule has 1 aliphatic rings. The highest BCUT2D eigenvalue weighted by molar-refractivity contribution is 7.89. The third kappa shape index (κ3) is 5.39. The second kappa shape index (κ2) is 8.66. The van der Waals surface area contributed by atoms with Crippen LogP contribution in [0.3, 0.4) is 0 Å². The van der Waals surface area contributed by atoms with E-state index in [0.717, 1.165) is 43.6 Å². The minimum Gasteiger partial charge on any atom is -0.299 e. The molecule has 27 heavy (non-hydrogen) atoms. The van der Waals surface area contributed by atoms with Gasteiger partial charge in [-0.15, -0.1) is 0 Å². The first-order chi connectivity index (χ1) is 13.0. The molecule has 2 aromatic rings. The Bertz CT molecular complexity index is 917. The average molecular weight is 384 g/mol. The Morgan fingerprint density at radius 1 is 1.22 bits per heavy atom. The third-order valence-electron chi connectivity index (χ3n) is 4.96. The second-order valence-electron chi connectivity index (χ2n) is 7.22. The van der Waals surface area contributed by atoms with Crippen LogP contribution in [0.5, 0.6) is 0 Å². The maximum atomic E-state index is 12.5. The second-order valence-corrected chi connectivity index (χ2v) is 8.99. The number of nitriles is 1. The summed E-state index contributed by atoms with van der Waals surface area (Å²) in [7, 11) is -3.47. The molecule has 0 amide bonds. The monoisotopic (exact) mass is 383 g/mol. The van der Waals surface area contributed by atoms with Crippen LogP contribution in [0, 0.1) is 24.2 Å². The third-order valence-corrected chi connectivity index (χ3v) is 6.40. The van der Waals surface area contributed by atoms with Crippen LogP contribution in [-0.4, -0.2) is 33.0 Å². The van der Waals surface area contributed by atoms with Crippen molar-refractivity contribution in [2.24, 2.45) is 5.92 Å². The number of rotatable bonds is 6. The molecule has 3 rings (SSSR count). The van der Waals surface area contributed by atoms with Crippen molar-refractivity contribution >= 4 is 10.0 Å². The van der Waals surface area contributed by atoms with Crippen molar-refractivity contribution < 1.29 is 8.42 Å². The number of hydrogen-bond donors (Lipinski definition) is 1. The lowest BCUT2D eigenvalue weighted by Crippen LogP contribution is -2.40. The number of sulfonamides is 1. The van der Waals surface area contributed by atoms with Crippen LogP contribution >= 0.6 is 0 Å². The summed E-state index contributed by atoms with van der Waals surface area (Å²) in [5.74, 6) is 0.290. The number of benzene rings is 2. The van der Waals surface area contributed by atoms with Gasteiger partial charge in [0.05, 0.1) is 16.5 Å². The molecule has 0 radical (unpaired) electrons. The van der Waals surface area contributed by atoms with Crippen molar-refractivity contribution in [3.8, 4) is 6.07 Å². The van der Waals surface area contributed by atoms with E-state index in [1.54, 1.807) is 12.1 Å². The molecule has 1 N–H and O–H groups in total. The van der Waals surface area contributed by atoms with Crippen LogP contribution in [0.15, 0.2) is 53.4 Å². The maximum absolute atomic E-state index is 12.5. The summed E-state index contributed by atoms with van der Waals surface area (Å²) < 4.78 is 27.7. The van der Waals surface area contributed by atoms with E-state index in [1.807, 2.05) is 43.3 Å². The van der Waals surface area contributed by atoms with Crippen LogP contribution in [0.2, 0.25) is 0 Å². The maximum Gasteiger partial charge on any atom is 0.240 e. The fourth-order valence-corrected chi connectivity index (χ4v) is 4.60. The first kappa shape index (κ1) is 19.6. The van der Waals surface area contributed by atoms with Gasteiger partial charge in [-0.25, -0.2) is 13.1 Å². The van der Waals surface area contributed by atoms with Crippen molar-refractivity contribution in [1.82, 2.24) is 9.62 Å². The fourth-order valence-electron chi connectivity index (χ4n) is 3.49.